The molecule has 0 aromatic heterocycles. The molecule has 0 aromatic carbocycles. The monoisotopic (exact) mass is 297 g/mol. The molecule has 0 saturated carbocycles. The fourth-order valence-corrected chi connectivity index (χ4v) is 3.03. The molecule has 0 amide bonds. The van der Waals surface area contributed by atoms with Crippen LogP contribution in [0.4, 0.5) is 0 Å². The van der Waals surface area contributed by atoms with Gasteiger partial charge in [-0.1, -0.05) is 91.9 Å². The van der Waals surface area contributed by atoms with Gasteiger partial charge >= 0.3 is 0 Å². The molecule has 0 radical (unpaired) electrons. The third-order valence-electron chi connectivity index (χ3n) is 4.70. The molecule has 1 N–H and O–H groups in total. The van der Waals surface area contributed by atoms with E-state index in [0.29, 0.717) is 0 Å². The summed E-state index contributed by atoms with van der Waals surface area (Å²) in [6.45, 7) is 11.7. The Morgan fingerprint density at radius 1 is 0.667 bits per heavy atom. The van der Waals surface area contributed by atoms with Crippen LogP contribution in [-0.2, 0) is 0 Å². The molecule has 0 rings (SSSR count). The summed E-state index contributed by atoms with van der Waals surface area (Å²) in [6.07, 6.45) is 17.1. The first-order valence-corrected chi connectivity index (χ1v) is 9.93. The van der Waals surface area contributed by atoms with Crippen LogP contribution in [0.5, 0.6) is 0 Å². The first kappa shape index (κ1) is 21.0. The summed E-state index contributed by atoms with van der Waals surface area (Å²) in [5.41, 5.74) is 0. The van der Waals surface area contributed by atoms with Crippen molar-refractivity contribution in [3.63, 3.8) is 0 Å². The van der Waals surface area contributed by atoms with Gasteiger partial charge in [0.05, 0.1) is 0 Å². The van der Waals surface area contributed by atoms with Crippen molar-refractivity contribution in [1.82, 2.24) is 5.32 Å². The highest BCUT2D eigenvalue weighted by Crippen LogP contribution is 2.19. The van der Waals surface area contributed by atoms with Gasteiger partial charge in [0, 0.05) is 0 Å². The van der Waals surface area contributed by atoms with E-state index in [9.17, 15) is 0 Å². The van der Waals surface area contributed by atoms with Crippen LogP contribution in [0, 0.1) is 11.8 Å². The second-order valence-corrected chi connectivity index (χ2v) is 7.18. The Hall–Kier alpha value is -0.0400. The van der Waals surface area contributed by atoms with E-state index >= 15 is 0 Å². The maximum absolute atomic E-state index is 3.60. The summed E-state index contributed by atoms with van der Waals surface area (Å²) in [7, 11) is 0. The van der Waals surface area contributed by atoms with Crippen LogP contribution in [0.25, 0.3) is 0 Å². The molecule has 1 heteroatoms. The van der Waals surface area contributed by atoms with E-state index in [-0.39, 0.29) is 0 Å². The van der Waals surface area contributed by atoms with Crippen molar-refractivity contribution in [1.29, 1.82) is 0 Å². The number of hydrogen-bond acceptors (Lipinski definition) is 1. The van der Waals surface area contributed by atoms with Crippen LogP contribution in [0.3, 0.4) is 0 Å². The van der Waals surface area contributed by atoms with Gasteiger partial charge in [-0.15, -0.1) is 0 Å². The van der Waals surface area contributed by atoms with Gasteiger partial charge in [-0.25, -0.2) is 0 Å². The lowest BCUT2D eigenvalue weighted by atomic mass is 9.90. The molecule has 1 nitrogen and oxygen atoms in total. The second kappa shape index (κ2) is 16.3. The molecule has 0 aliphatic rings. The molecule has 21 heavy (non-hydrogen) atoms. The van der Waals surface area contributed by atoms with Gasteiger partial charge in [0.1, 0.15) is 0 Å². The molecule has 0 aliphatic heterocycles. The normalized spacial score (nSPS) is 13.0. The van der Waals surface area contributed by atoms with E-state index in [2.05, 4.69) is 33.0 Å². The topological polar surface area (TPSA) is 12.0 Å². The fourth-order valence-electron chi connectivity index (χ4n) is 3.03. The van der Waals surface area contributed by atoms with Crippen molar-refractivity contribution in [2.45, 2.75) is 105 Å². The Balaban J connectivity index is 3.37. The Labute approximate surface area is 135 Å². The molecule has 0 heterocycles. The molecule has 0 spiro atoms. The van der Waals surface area contributed by atoms with E-state index in [1.54, 1.807) is 0 Å². The highest BCUT2D eigenvalue weighted by molar-refractivity contribution is 4.66. The van der Waals surface area contributed by atoms with Crippen LogP contribution in [0.15, 0.2) is 0 Å². The van der Waals surface area contributed by atoms with Gasteiger partial charge in [-0.2, -0.15) is 0 Å². The standard InChI is InChI=1S/C20H43N/c1-5-7-8-9-10-11-12-13-14-15-16-20(19(3)4)18-21-17-6-2/h19-21H,5-18H2,1-4H3. The highest BCUT2D eigenvalue weighted by Gasteiger charge is 2.12. The first-order valence-electron chi connectivity index (χ1n) is 9.93. The third kappa shape index (κ3) is 14.7. The third-order valence-corrected chi connectivity index (χ3v) is 4.70. The number of rotatable bonds is 16. The molecule has 0 saturated heterocycles. The van der Waals surface area contributed by atoms with E-state index in [0.717, 1.165) is 11.8 Å². The van der Waals surface area contributed by atoms with Crippen molar-refractivity contribution in [3.8, 4) is 0 Å². The van der Waals surface area contributed by atoms with Crippen LogP contribution < -0.4 is 5.32 Å². The first-order chi connectivity index (χ1) is 10.2. The molecule has 0 fully saturated rings. The minimum absolute atomic E-state index is 0.827. The van der Waals surface area contributed by atoms with Crippen molar-refractivity contribution in [2.24, 2.45) is 11.8 Å². The Bertz CT molecular complexity index is 188. The maximum Gasteiger partial charge on any atom is -0.00181 e. The Morgan fingerprint density at radius 3 is 1.67 bits per heavy atom. The van der Waals surface area contributed by atoms with Crippen molar-refractivity contribution < 1.29 is 0 Å². The minimum Gasteiger partial charge on any atom is -0.316 e. The van der Waals surface area contributed by atoms with Crippen LogP contribution in [0.1, 0.15) is 105 Å². The summed E-state index contributed by atoms with van der Waals surface area (Å²) >= 11 is 0. The van der Waals surface area contributed by atoms with E-state index in [1.165, 1.54) is 90.1 Å². The smallest absolute Gasteiger partial charge is 0.00181 e. The van der Waals surface area contributed by atoms with E-state index < -0.39 is 0 Å². The molecule has 0 aliphatic carbocycles. The molecule has 1 atom stereocenters. The van der Waals surface area contributed by atoms with Crippen LogP contribution >= 0.6 is 0 Å². The lowest BCUT2D eigenvalue weighted by Gasteiger charge is -2.21. The minimum atomic E-state index is 0.827. The van der Waals surface area contributed by atoms with Gasteiger partial charge in [0.2, 0.25) is 0 Å². The lowest BCUT2D eigenvalue weighted by Crippen LogP contribution is -2.26. The summed E-state index contributed by atoms with van der Waals surface area (Å²) in [6, 6.07) is 0. The maximum atomic E-state index is 3.60. The SMILES string of the molecule is CCCCCCCCCCCCC(CNCCC)C(C)C. The zero-order chi connectivity index (χ0) is 15.8. The highest BCUT2D eigenvalue weighted by atomic mass is 14.9. The molecule has 1 unspecified atom stereocenters. The molecule has 128 valence electrons. The van der Waals surface area contributed by atoms with Crippen molar-refractivity contribution >= 4 is 0 Å². The average Bonchev–Trinajstić information content (AvgIpc) is 2.47. The molecule has 0 aromatic rings. The number of unbranched alkanes of at least 4 members (excludes halogenated alkanes) is 9. The quantitative estimate of drug-likeness (QED) is 0.318. The van der Waals surface area contributed by atoms with Gasteiger partial charge in [-0.05, 0) is 37.8 Å². The summed E-state index contributed by atoms with van der Waals surface area (Å²) in [5, 5.41) is 3.60. The molecular formula is C20H43N. The largest absolute Gasteiger partial charge is 0.316 e. The summed E-state index contributed by atoms with van der Waals surface area (Å²) < 4.78 is 0. The van der Waals surface area contributed by atoms with Gasteiger partial charge < -0.3 is 5.32 Å². The zero-order valence-electron chi connectivity index (χ0n) is 15.6. The van der Waals surface area contributed by atoms with E-state index in [1.807, 2.05) is 0 Å². The molecular weight excluding hydrogens is 254 g/mol. The van der Waals surface area contributed by atoms with E-state index in [4.69, 9.17) is 0 Å². The predicted molar refractivity (Wildman–Crippen MR) is 97.9 cm³/mol. The van der Waals surface area contributed by atoms with Gasteiger partial charge in [0.15, 0.2) is 0 Å². The lowest BCUT2D eigenvalue weighted by molar-refractivity contribution is 0.329. The zero-order valence-corrected chi connectivity index (χ0v) is 15.6. The Kier molecular flexibility index (Phi) is 16.3. The predicted octanol–water partition coefficient (Wildman–Crippen LogP) is 6.57. The Morgan fingerprint density at radius 2 is 1.19 bits per heavy atom. The van der Waals surface area contributed by atoms with Crippen LogP contribution in [-0.4, -0.2) is 13.1 Å². The second-order valence-electron chi connectivity index (χ2n) is 7.18. The molecule has 0 bridgehead atoms. The average molecular weight is 298 g/mol. The number of nitrogens with one attached hydrogen (secondary N) is 1. The number of hydrogen-bond donors (Lipinski definition) is 1. The fraction of sp³-hybridized carbons (Fsp3) is 1.00. The summed E-state index contributed by atoms with van der Waals surface area (Å²) in [5.74, 6) is 1.71. The van der Waals surface area contributed by atoms with Crippen LogP contribution in [0.2, 0.25) is 0 Å². The van der Waals surface area contributed by atoms with Crippen molar-refractivity contribution in [2.75, 3.05) is 13.1 Å². The van der Waals surface area contributed by atoms with Gasteiger partial charge in [0.25, 0.3) is 0 Å². The summed E-state index contributed by atoms with van der Waals surface area (Å²) in [4.78, 5) is 0. The van der Waals surface area contributed by atoms with Crippen molar-refractivity contribution in [3.05, 3.63) is 0 Å². The van der Waals surface area contributed by atoms with Gasteiger partial charge in [-0.3, -0.25) is 0 Å².